The maximum absolute atomic E-state index is 12.4. The predicted octanol–water partition coefficient (Wildman–Crippen LogP) is 2.56. The van der Waals surface area contributed by atoms with Crippen molar-refractivity contribution in [2.24, 2.45) is 0 Å². The Hall–Kier alpha value is -2.69. The second-order valence-electron chi connectivity index (χ2n) is 4.52. The Bertz CT molecular complexity index is 638. The molecule has 0 aromatic heterocycles. The van der Waals surface area contributed by atoms with Crippen molar-refractivity contribution < 1.29 is 14.3 Å². The van der Waals surface area contributed by atoms with E-state index in [0.717, 1.165) is 11.4 Å². The van der Waals surface area contributed by atoms with E-state index < -0.39 is 0 Å². The number of carbonyl (C=O) groups excluding carboxylic acids is 1. The average Bonchev–Trinajstić information content (AvgIpc) is 2.53. The van der Waals surface area contributed by atoms with E-state index in [1.807, 2.05) is 24.3 Å². The molecule has 0 aliphatic rings. The van der Waals surface area contributed by atoms with Crippen LogP contribution in [0.25, 0.3) is 0 Å². The number of amides is 1. The van der Waals surface area contributed by atoms with Crippen LogP contribution in [0.3, 0.4) is 0 Å². The molecule has 5 nitrogen and oxygen atoms in total. The molecule has 0 radical (unpaired) electrons. The van der Waals surface area contributed by atoms with Gasteiger partial charge in [-0.25, -0.2) is 0 Å². The van der Waals surface area contributed by atoms with Crippen LogP contribution in [0.4, 0.5) is 11.4 Å². The Labute approximate surface area is 123 Å². The van der Waals surface area contributed by atoms with Crippen LogP contribution in [-0.2, 0) is 0 Å². The van der Waals surface area contributed by atoms with E-state index in [9.17, 15) is 4.79 Å². The fourth-order valence-corrected chi connectivity index (χ4v) is 1.98. The zero-order valence-corrected chi connectivity index (χ0v) is 12.3. The Kier molecular flexibility index (Phi) is 4.33. The van der Waals surface area contributed by atoms with Crippen LogP contribution in [0.2, 0.25) is 0 Å². The van der Waals surface area contributed by atoms with Crippen LogP contribution in [-0.4, -0.2) is 27.2 Å². The number of rotatable bonds is 4. The molecule has 0 unspecified atom stereocenters. The van der Waals surface area contributed by atoms with Gasteiger partial charge in [0.2, 0.25) is 0 Å². The normalized spacial score (nSPS) is 10.0. The molecule has 110 valence electrons. The van der Waals surface area contributed by atoms with Gasteiger partial charge < -0.3 is 20.1 Å². The smallest absolute Gasteiger partial charge is 0.258 e. The Balaban J connectivity index is 2.23. The molecule has 5 heteroatoms. The number of benzene rings is 2. The zero-order chi connectivity index (χ0) is 15.4. The first kappa shape index (κ1) is 14.7. The van der Waals surface area contributed by atoms with E-state index in [1.54, 1.807) is 37.3 Å². The Morgan fingerprint density at radius 1 is 1.05 bits per heavy atom. The minimum atomic E-state index is -0.144. The summed E-state index contributed by atoms with van der Waals surface area (Å²) in [6.45, 7) is 0. The molecule has 2 aromatic carbocycles. The molecule has 0 saturated carbocycles. The number of hydrogen-bond donors (Lipinski definition) is 1. The molecule has 0 heterocycles. The number of nitrogen functional groups attached to an aromatic ring is 1. The maximum atomic E-state index is 12.4. The van der Waals surface area contributed by atoms with E-state index in [1.165, 1.54) is 7.11 Å². The van der Waals surface area contributed by atoms with Gasteiger partial charge in [-0.3, -0.25) is 4.79 Å². The van der Waals surface area contributed by atoms with E-state index >= 15 is 0 Å². The second-order valence-corrected chi connectivity index (χ2v) is 4.52. The number of anilines is 2. The summed E-state index contributed by atoms with van der Waals surface area (Å²) in [5.41, 5.74) is 7.55. The van der Waals surface area contributed by atoms with Crippen LogP contribution in [0.1, 0.15) is 10.4 Å². The third-order valence-corrected chi connectivity index (χ3v) is 3.24. The lowest BCUT2D eigenvalue weighted by Gasteiger charge is -2.18. The number of carbonyl (C=O) groups is 1. The predicted molar refractivity (Wildman–Crippen MR) is 83.1 cm³/mol. The average molecular weight is 286 g/mol. The second kappa shape index (κ2) is 6.17. The van der Waals surface area contributed by atoms with Gasteiger partial charge in [0.15, 0.2) is 0 Å². The van der Waals surface area contributed by atoms with Crippen molar-refractivity contribution in [2.45, 2.75) is 0 Å². The molecule has 2 rings (SSSR count). The summed E-state index contributed by atoms with van der Waals surface area (Å²) >= 11 is 0. The Morgan fingerprint density at radius 2 is 1.71 bits per heavy atom. The minimum Gasteiger partial charge on any atom is -0.497 e. The molecule has 1 amide bonds. The summed E-state index contributed by atoms with van der Waals surface area (Å²) < 4.78 is 10.2. The summed E-state index contributed by atoms with van der Waals surface area (Å²) in [6.07, 6.45) is 0. The first-order valence-electron chi connectivity index (χ1n) is 6.42. The molecule has 0 spiro atoms. The van der Waals surface area contributed by atoms with Crippen molar-refractivity contribution >= 4 is 17.3 Å². The summed E-state index contributed by atoms with van der Waals surface area (Å²) in [7, 11) is 4.85. The standard InChI is InChI=1S/C16H18N2O3/c1-18(12-5-7-13(20-2)8-6-12)16(19)11-4-9-15(21-3)14(17)10-11/h4-10H,17H2,1-3H3. The maximum Gasteiger partial charge on any atom is 0.258 e. The highest BCUT2D eigenvalue weighted by Crippen LogP contribution is 2.24. The number of nitrogens with zero attached hydrogens (tertiary/aromatic N) is 1. The van der Waals surface area contributed by atoms with Gasteiger partial charge in [0, 0.05) is 18.3 Å². The van der Waals surface area contributed by atoms with Crippen LogP contribution in [0, 0.1) is 0 Å². The molecule has 2 N–H and O–H groups in total. The molecule has 0 fully saturated rings. The topological polar surface area (TPSA) is 64.8 Å². The van der Waals surface area contributed by atoms with Crippen molar-refractivity contribution in [3.8, 4) is 11.5 Å². The summed E-state index contributed by atoms with van der Waals surface area (Å²) in [5.74, 6) is 1.15. The Morgan fingerprint density at radius 3 is 2.24 bits per heavy atom. The van der Waals surface area contributed by atoms with E-state index in [0.29, 0.717) is 17.0 Å². The lowest BCUT2D eigenvalue weighted by Crippen LogP contribution is -2.26. The first-order chi connectivity index (χ1) is 10.1. The van der Waals surface area contributed by atoms with E-state index in [4.69, 9.17) is 15.2 Å². The van der Waals surface area contributed by atoms with Gasteiger partial charge in [-0.15, -0.1) is 0 Å². The molecular formula is C16H18N2O3. The molecule has 0 aliphatic carbocycles. The summed E-state index contributed by atoms with van der Waals surface area (Å²) in [5, 5.41) is 0. The van der Waals surface area contributed by atoms with Crippen LogP contribution >= 0.6 is 0 Å². The molecule has 0 aliphatic heterocycles. The number of ether oxygens (including phenoxy) is 2. The molecule has 0 bridgehead atoms. The monoisotopic (exact) mass is 286 g/mol. The molecule has 0 atom stereocenters. The van der Waals surface area contributed by atoms with E-state index in [2.05, 4.69) is 0 Å². The van der Waals surface area contributed by atoms with E-state index in [-0.39, 0.29) is 5.91 Å². The zero-order valence-electron chi connectivity index (χ0n) is 12.3. The highest BCUT2D eigenvalue weighted by atomic mass is 16.5. The third-order valence-electron chi connectivity index (χ3n) is 3.24. The minimum absolute atomic E-state index is 0.144. The molecule has 2 aromatic rings. The van der Waals surface area contributed by atoms with Gasteiger partial charge in [0.1, 0.15) is 11.5 Å². The van der Waals surface area contributed by atoms with Crippen LogP contribution in [0.5, 0.6) is 11.5 Å². The highest BCUT2D eigenvalue weighted by molar-refractivity contribution is 6.06. The van der Waals surface area contributed by atoms with Crippen molar-refractivity contribution in [3.63, 3.8) is 0 Å². The quantitative estimate of drug-likeness (QED) is 0.877. The summed E-state index contributed by atoms with van der Waals surface area (Å²) in [4.78, 5) is 14.0. The first-order valence-corrected chi connectivity index (χ1v) is 6.42. The van der Waals surface area contributed by atoms with Gasteiger partial charge in [-0.05, 0) is 42.5 Å². The third kappa shape index (κ3) is 3.08. The SMILES string of the molecule is COc1ccc(N(C)C(=O)c2ccc(OC)c(N)c2)cc1. The molecule has 0 saturated heterocycles. The van der Waals surface area contributed by atoms with Crippen molar-refractivity contribution in [3.05, 3.63) is 48.0 Å². The lowest BCUT2D eigenvalue weighted by atomic mass is 10.1. The van der Waals surface area contributed by atoms with Crippen molar-refractivity contribution in [1.82, 2.24) is 0 Å². The lowest BCUT2D eigenvalue weighted by molar-refractivity contribution is 0.0993. The van der Waals surface area contributed by atoms with Gasteiger partial charge in [0.05, 0.1) is 19.9 Å². The molecular weight excluding hydrogens is 268 g/mol. The van der Waals surface area contributed by atoms with Gasteiger partial charge in [0.25, 0.3) is 5.91 Å². The van der Waals surface area contributed by atoms with Crippen LogP contribution in [0.15, 0.2) is 42.5 Å². The van der Waals surface area contributed by atoms with Crippen LogP contribution < -0.4 is 20.1 Å². The highest BCUT2D eigenvalue weighted by Gasteiger charge is 2.15. The van der Waals surface area contributed by atoms with Gasteiger partial charge in [-0.1, -0.05) is 0 Å². The molecule has 21 heavy (non-hydrogen) atoms. The van der Waals surface area contributed by atoms with Crippen molar-refractivity contribution in [1.29, 1.82) is 0 Å². The number of methoxy groups -OCH3 is 2. The summed E-state index contributed by atoms with van der Waals surface area (Å²) in [6, 6.07) is 12.2. The largest absolute Gasteiger partial charge is 0.497 e. The number of nitrogens with two attached hydrogens (primary N) is 1. The number of hydrogen-bond acceptors (Lipinski definition) is 4. The fourth-order valence-electron chi connectivity index (χ4n) is 1.98. The van der Waals surface area contributed by atoms with Gasteiger partial charge in [-0.2, -0.15) is 0 Å². The van der Waals surface area contributed by atoms with Crippen molar-refractivity contribution in [2.75, 3.05) is 31.9 Å². The van der Waals surface area contributed by atoms with Gasteiger partial charge >= 0.3 is 0 Å². The fraction of sp³-hybridized carbons (Fsp3) is 0.188.